The van der Waals surface area contributed by atoms with Crippen molar-refractivity contribution in [2.45, 2.75) is 26.7 Å². The largest absolute Gasteiger partial charge is 0.481 e. The summed E-state index contributed by atoms with van der Waals surface area (Å²) >= 11 is 7.42. The smallest absolute Gasteiger partial charge is 0.311 e. The summed E-state index contributed by atoms with van der Waals surface area (Å²) in [7, 11) is 0. The van der Waals surface area contributed by atoms with E-state index in [4.69, 9.17) is 11.6 Å². The first kappa shape index (κ1) is 14.3. The molecule has 1 N–H and O–H groups in total. The van der Waals surface area contributed by atoms with Crippen molar-refractivity contribution < 1.29 is 14.7 Å². The number of carbonyl (C=O) groups excluding carboxylic acids is 1. The van der Waals surface area contributed by atoms with Gasteiger partial charge in [0, 0.05) is 13.1 Å². The highest BCUT2D eigenvalue weighted by molar-refractivity contribution is 7.13. The molecule has 19 heavy (non-hydrogen) atoms. The molecule has 0 saturated carbocycles. The zero-order chi connectivity index (χ0) is 14.2. The molecule has 2 rings (SSSR count). The highest BCUT2D eigenvalue weighted by Crippen LogP contribution is 2.33. The lowest BCUT2D eigenvalue weighted by molar-refractivity contribution is -0.150. The van der Waals surface area contributed by atoms with Gasteiger partial charge in [-0.15, -0.1) is 11.3 Å². The third-order valence-corrected chi connectivity index (χ3v) is 5.28. The van der Waals surface area contributed by atoms with Crippen molar-refractivity contribution >= 4 is 34.8 Å². The van der Waals surface area contributed by atoms with E-state index in [1.165, 1.54) is 11.3 Å². The third-order valence-electron chi connectivity index (χ3n) is 3.59. The Hall–Kier alpha value is -1.07. The topological polar surface area (TPSA) is 57.6 Å². The van der Waals surface area contributed by atoms with Crippen molar-refractivity contribution in [3.8, 4) is 0 Å². The van der Waals surface area contributed by atoms with E-state index in [0.717, 1.165) is 5.56 Å². The highest BCUT2D eigenvalue weighted by Gasteiger charge is 2.40. The molecule has 1 atom stereocenters. The SMILES string of the molecule is Cc1csc(C(=O)N2CCCC(C)(C(=O)O)C2)c1Cl. The van der Waals surface area contributed by atoms with Crippen LogP contribution in [0.15, 0.2) is 5.38 Å². The number of rotatable bonds is 2. The molecule has 6 heteroatoms. The number of aryl methyl sites for hydroxylation is 1. The van der Waals surface area contributed by atoms with Gasteiger partial charge in [0.05, 0.1) is 10.4 Å². The molecule has 0 aliphatic carbocycles. The first-order chi connectivity index (χ1) is 8.85. The van der Waals surface area contributed by atoms with E-state index < -0.39 is 11.4 Å². The van der Waals surface area contributed by atoms with Crippen LogP contribution in [0.4, 0.5) is 0 Å². The summed E-state index contributed by atoms with van der Waals surface area (Å²) in [5.74, 6) is -1.01. The maximum atomic E-state index is 12.4. The number of carboxylic acid groups (broad SMARTS) is 1. The maximum absolute atomic E-state index is 12.4. The van der Waals surface area contributed by atoms with Gasteiger partial charge in [-0.1, -0.05) is 11.6 Å². The lowest BCUT2D eigenvalue weighted by Gasteiger charge is -2.37. The van der Waals surface area contributed by atoms with Gasteiger partial charge >= 0.3 is 5.97 Å². The minimum atomic E-state index is -0.854. The van der Waals surface area contributed by atoms with Crippen LogP contribution >= 0.6 is 22.9 Å². The molecule has 1 saturated heterocycles. The Morgan fingerprint density at radius 2 is 2.21 bits per heavy atom. The van der Waals surface area contributed by atoms with Gasteiger partial charge in [-0.05, 0) is 37.6 Å². The number of thiophene rings is 1. The molecular weight excluding hydrogens is 286 g/mol. The normalized spacial score (nSPS) is 23.4. The number of carbonyl (C=O) groups is 2. The quantitative estimate of drug-likeness (QED) is 0.913. The summed E-state index contributed by atoms with van der Waals surface area (Å²) in [6.45, 7) is 4.38. The lowest BCUT2D eigenvalue weighted by Crippen LogP contribution is -2.48. The molecule has 104 valence electrons. The number of nitrogens with zero attached hydrogens (tertiary/aromatic N) is 1. The van der Waals surface area contributed by atoms with E-state index in [-0.39, 0.29) is 12.5 Å². The second-order valence-electron chi connectivity index (χ2n) is 5.26. The Labute approximate surface area is 121 Å². The summed E-state index contributed by atoms with van der Waals surface area (Å²) in [6.07, 6.45) is 1.31. The van der Waals surface area contributed by atoms with Crippen LogP contribution in [-0.4, -0.2) is 35.0 Å². The van der Waals surface area contributed by atoms with Crippen LogP contribution in [0.1, 0.15) is 35.0 Å². The minimum Gasteiger partial charge on any atom is -0.481 e. The van der Waals surface area contributed by atoms with Crippen LogP contribution in [0, 0.1) is 12.3 Å². The van der Waals surface area contributed by atoms with Crippen LogP contribution in [0.25, 0.3) is 0 Å². The number of likely N-dealkylation sites (tertiary alicyclic amines) is 1. The number of piperidine rings is 1. The highest BCUT2D eigenvalue weighted by atomic mass is 35.5. The molecule has 1 amide bonds. The first-order valence-corrected chi connectivity index (χ1v) is 7.37. The summed E-state index contributed by atoms with van der Waals surface area (Å²) in [5, 5.41) is 11.6. The molecule has 1 aliphatic heterocycles. The predicted molar refractivity (Wildman–Crippen MR) is 74.9 cm³/mol. The van der Waals surface area contributed by atoms with Gasteiger partial charge in [0.15, 0.2) is 0 Å². The molecular formula is C13H16ClNO3S. The van der Waals surface area contributed by atoms with E-state index in [1.54, 1.807) is 11.8 Å². The van der Waals surface area contributed by atoms with Gasteiger partial charge in [-0.3, -0.25) is 9.59 Å². The van der Waals surface area contributed by atoms with Crippen molar-refractivity contribution in [3.63, 3.8) is 0 Å². The van der Waals surface area contributed by atoms with E-state index in [1.807, 2.05) is 12.3 Å². The number of hydrogen-bond donors (Lipinski definition) is 1. The predicted octanol–water partition coefficient (Wildman–Crippen LogP) is 3.04. The summed E-state index contributed by atoms with van der Waals surface area (Å²) in [4.78, 5) is 25.8. The lowest BCUT2D eigenvalue weighted by atomic mass is 9.82. The van der Waals surface area contributed by atoms with Gasteiger partial charge in [0.1, 0.15) is 4.88 Å². The molecule has 1 unspecified atom stereocenters. The molecule has 1 fully saturated rings. The van der Waals surface area contributed by atoms with Crippen LogP contribution < -0.4 is 0 Å². The van der Waals surface area contributed by atoms with Crippen LogP contribution in [0.5, 0.6) is 0 Å². The van der Waals surface area contributed by atoms with Gasteiger partial charge in [-0.25, -0.2) is 0 Å². The molecule has 0 spiro atoms. The fourth-order valence-electron chi connectivity index (χ4n) is 2.31. The second-order valence-corrected chi connectivity index (χ2v) is 6.52. The molecule has 1 aromatic rings. The van der Waals surface area contributed by atoms with Crippen LogP contribution in [0.2, 0.25) is 5.02 Å². The fraction of sp³-hybridized carbons (Fsp3) is 0.538. The van der Waals surface area contributed by atoms with E-state index in [2.05, 4.69) is 0 Å². The Morgan fingerprint density at radius 1 is 1.53 bits per heavy atom. The second kappa shape index (κ2) is 5.13. The van der Waals surface area contributed by atoms with Crippen LogP contribution in [-0.2, 0) is 4.79 Å². The standard InChI is InChI=1S/C13H16ClNO3S/c1-8-6-19-10(9(8)14)11(16)15-5-3-4-13(2,7-15)12(17)18/h6H,3-5,7H2,1-2H3,(H,17,18). The molecule has 4 nitrogen and oxygen atoms in total. The molecule has 2 heterocycles. The van der Waals surface area contributed by atoms with Crippen molar-refractivity contribution in [3.05, 3.63) is 20.8 Å². The molecule has 0 radical (unpaired) electrons. The Bertz CT molecular complexity index is 528. The number of halogens is 1. The third kappa shape index (κ3) is 2.62. The Balaban J connectivity index is 2.20. The van der Waals surface area contributed by atoms with Crippen molar-refractivity contribution in [2.24, 2.45) is 5.41 Å². The number of aliphatic carboxylic acids is 1. The van der Waals surface area contributed by atoms with E-state index in [9.17, 15) is 14.7 Å². The summed E-state index contributed by atoms with van der Waals surface area (Å²) in [6, 6.07) is 0. The van der Waals surface area contributed by atoms with Gasteiger partial charge in [0.25, 0.3) is 5.91 Å². The minimum absolute atomic E-state index is 0.157. The van der Waals surface area contributed by atoms with E-state index in [0.29, 0.717) is 29.3 Å². The maximum Gasteiger partial charge on any atom is 0.311 e. The Morgan fingerprint density at radius 3 is 2.74 bits per heavy atom. The van der Waals surface area contributed by atoms with Crippen molar-refractivity contribution in [2.75, 3.05) is 13.1 Å². The van der Waals surface area contributed by atoms with Crippen LogP contribution in [0.3, 0.4) is 0 Å². The number of amides is 1. The van der Waals surface area contributed by atoms with Gasteiger partial charge in [0.2, 0.25) is 0 Å². The summed E-state index contributed by atoms with van der Waals surface area (Å²) in [5.41, 5.74) is 0.0280. The van der Waals surface area contributed by atoms with Gasteiger partial charge < -0.3 is 10.0 Å². The monoisotopic (exact) mass is 301 g/mol. The van der Waals surface area contributed by atoms with Gasteiger partial charge in [-0.2, -0.15) is 0 Å². The zero-order valence-electron chi connectivity index (χ0n) is 10.9. The van der Waals surface area contributed by atoms with Crippen molar-refractivity contribution in [1.29, 1.82) is 0 Å². The molecule has 0 bridgehead atoms. The summed E-state index contributed by atoms with van der Waals surface area (Å²) < 4.78 is 0. The average Bonchev–Trinajstić information content (AvgIpc) is 2.69. The molecule has 1 aliphatic rings. The number of carboxylic acids is 1. The average molecular weight is 302 g/mol. The number of hydrogen-bond acceptors (Lipinski definition) is 3. The first-order valence-electron chi connectivity index (χ1n) is 6.11. The molecule has 0 aromatic carbocycles. The molecule has 1 aromatic heterocycles. The zero-order valence-corrected chi connectivity index (χ0v) is 12.5. The Kier molecular flexibility index (Phi) is 3.87. The fourth-order valence-corrected chi connectivity index (χ4v) is 3.55. The van der Waals surface area contributed by atoms with Crippen molar-refractivity contribution in [1.82, 2.24) is 4.90 Å². The van der Waals surface area contributed by atoms with E-state index >= 15 is 0 Å².